The van der Waals surface area contributed by atoms with Crippen LogP contribution in [0.1, 0.15) is 55.2 Å². The lowest BCUT2D eigenvalue weighted by atomic mass is 9.49. The van der Waals surface area contributed by atoms with Gasteiger partial charge in [-0.05, 0) is 80.9 Å². The summed E-state index contributed by atoms with van der Waals surface area (Å²) in [4.78, 5) is 13.4. The van der Waals surface area contributed by atoms with Gasteiger partial charge in [-0.1, -0.05) is 41.9 Å². The van der Waals surface area contributed by atoms with Crippen molar-refractivity contribution in [2.75, 3.05) is 0 Å². The number of phenols is 1. The van der Waals surface area contributed by atoms with Crippen LogP contribution >= 0.6 is 11.6 Å². The Bertz CT molecular complexity index is 980. The molecule has 4 bridgehead atoms. The van der Waals surface area contributed by atoms with Crippen molar-refractivity contribution in [2.24, 2.45) is 28.3 Å². The molecule has 6 rings (SSSR count). The van der Waals surface area contributed by atoms with E-state index in [9.17, 15) is 9.90 Å². The molecule has 2 N–H and O–H groups in total. The Morgan fingerprint density at radius 2 is 1.67 bits per heavy atom. The number of nitrogens with one attached hydrogen (secondary N) is 1. The third kappa shape index (κ3) is 3.41. The van der Waals surface area contributed by atoms with Crippen LogP contribution in [0.3, 0.4) is 0 Å². The Hall–Kier alpha value is -2.33. The smallest absolute Gasteiger partial charge is 0.246 e. The second-order valence-corrected chi connectivity index (χ2v) is 9.99. The molecule has 0 saturated heterocycles. The SMILES string of the molecule is Cc1cc(O)c(/C(=N/NC(=O)C23CC4CC(CC(C4)C2)C3)c2ccccc2)cc1Cl. The highest BCUT2D eigenvalue weighted by molar-refractivity contribution is 6.32. The van der Waals surface area contributed by atoms with Gasteiger partial charge in [-0.15, -0.1) is 0 Å². The lowest BCUT2D eigenvalue weighted by Gasteiger charge is -2.55. The lowest BCUT2D eigenvalue weighted by Crippen LogP contribution is -2.52. The second-order valence-electron chi connectivity index (χ2n) is 9.58. The zero-order chi connectivity index (χ0) is 20.9. The number of hydrogen-bond acceptors (Lipinski definition) is 3. The average Bonchev–Trinajstić information content (AvgIpc) is 2.71. The second kappa shape index (κ2) is 7.42. The first-order chi connectivity index (χ1) is 14.4. The topological polar surface area (TPSA) is 61.7 Å². The summed E-state index contributed by atoms with van der Waals surface area (Å²) < 4.78 is 0. The van der Waals surface area contributed by atoms with Crippen LogP contribution in [0.4, 0.5) is 0 Å². The van der Waals surface area contributed by atoms with E-state index >= 15 is 0 Å². The van der Waals surface area contributed by atoms with Crippen LogP contribution in [0.5, 0.6) is 5.75 Å². The number of phenolic OH excluding ortho intramolecular Hbond substituents is 1. The number of aromatic hydroxyl groups is 1. The molecule has 4 saturated carbocycles. The largest absolute Gasteiger partial charge is 0.507 e. The highest BCUT2D eigenvalue weighted by atomic mass is 35.5. The van der Waals surface area contributed by atoms with E-state index in [1.54, 1.807) is 12.1 Å². The van der Waals surface area contributed by atoms with E-state index in [2.05, 4.69) is 10.5 Å². The van der Waals surface area contributed by atoms with Gasteiger partial charge < -0.3 is 5.11 Å². The van der Waals surface area contributed by atoms with Crippen molar-refractivity contribution in [1.82, 2.24) is 5.43 Å². The summed E-state index contributed by atoms with van der Waals surface area (Å²) >= 11 is 6.34. The van der Waals surface area contributed by atoms with Gasteiger partial charge in [0, 0.05) is 16.1 Å². The number of amides is 1. The van der Waals surface area contributed by atoms with Crippen molar-refractivity contribution in [3.63, 3.8) is 0 Å². The number of rotatable bonds is 4. The number of carbonyl (C=O) groups excluding carboxylic acids is 1. The standard InChI is InChI=1S/C25H27ClN2O2/c1-15-7-22(29)20(11-21(15)26)23(19-5-3-2-4-6-19)27-28-24(30)25-12-16-8-17(13-25)10-18(9-16)14-25/h2-7,11,16-18,29H,8-10,12-14H2,1H3,(H,28,30)/b27-23+. The number of aryl methyl sites for hydroxylation is 1. The summed E-state index contributed by atoms with van der Waals surface area (Å²) in [5.41, 5.74) is 5.27. The third-order valence-electron chi connectivity index (χ3n) is 7.37. The monoisotopic (exact) mass is 422 g/mol. The number of nitrogens with zero attached hydrogens (tertiary/aromatic N) is 1. The van der Waals surface area contributed by atoms with E-state index in [-0.39, 0.29) is 17.1 Å². The van der Waals surface area contributed by atoms with Gasteiger partial charge in [-0.3, -0.25) is 4.79 Å². The summed E-state index contributed by atoms with van der Waals surface area (Å²) in [7, 11) is 0. The highest BCUT2D eigenvalue weighted by Crippen LogP contribution is 2.60. The molecule has 4 fully saturated rings. The molecule has 30 heavy (non-hydrogen) atoms. The van der Waals surface area contributed by atoms with Gasteiger partial charge in [0.1, 0.15) is 11.5 Å². The molecule has 0 aromatic heterocycles. The van der Waals surface area contributed by atoms with Crippen LogP contribution in [0, 0.1) is 30.1 Å². The first-order valence-electron chi connectivity index (χ1n) is 10.9. The molecule has 0 heterocycles. The van der Waals surface area contributed by atoms with Crippen molar-refractivity contribution in [3.05, 3.63) is 64.2 Å². The zero-order valence-electron chi connectivity index (χ0n) is 17.2. The minimum absolute atomic E-state index is 0.0349. The van der Waals surface area contributed by atoms with Crippen LogP contribution in [0.15, 0.2) is 47.6 Å². The number of benzene rings is 2. The Morgan fingerprint density at radius 3 is 2.27 bits per heavy atom. The van der Waals surface area contributed by atoms with E-state index in [1.165, 1.54) is 19.3 Å². The predicted molar refractivity (Wildman–Crippen MR) is 119 cm³/mol. The molecule has 0 atom stereocenters. The molecule has 4 nitrogen and oxygen atoms in total. The van der Waals surface area contributed by atoms with Gasteiger partial charge in [0.25, 0.3) is 0 Å². The van der Waals surface area contributed by atoms with Gasteiger partial charge in [-0.25, -0.2) is 5.43 Å². The molecular formula is C25H27ClN2O2. The van der Waals surface area contributed by atoms with E-state index in [1.807, 2.05) is 37.3 Å². The maximum Gasteiger partial charge on any atom is 0.246 e. The van der Waals surface area contributed by atoms with E-state index in [0.29, 0.717) is 34.1 Å². The minimum Gasteiger partial charge on any atom is -0.507 e. The number of hydrogen-bond donors (Lipinski definition) is 2. The molecule has 5 heteroatoms. The average molecular weight is 423 g/mol. The Balaban J connectivity index is 1.48. The normalized spacial score (nSPS) is 29.8. The Labute approximate surface area is 182 Å². The van der Waals surface area contributed by atoms with Crippen LogP contribution in [-0.2, 0) is 4.79 Å². The Morgan fingerprint density at radius 1 is 1.07 bits per heavy atom. The number of halogens is 1. The number of hydrazone groups is 1. The molecule has 4 aliphatic rings. The van der Waals surface area contributed by atoms with Crippen molar-refractivity contribution in [1.29, 1.82) is 0 Å². The van der Waals surface area contributed by atoms with E-state index in [4.69, 9.17) is 11.6 Å². The molecule has 1 amide bonds. The van der Waals surface area contributed by atoms with Gasteiger partial charge in [0.05, 0.1) is 5.41 Å². The van der Waals surface area contributed by atoms with Crippen LogP contribution < -0.4 is 5.43 Å². The Kier molecular flexibility index (Phi) is 4.85. The number of carbonyl (C=O) groups is 1. The van der Waals surface area contributed by atoms with Gasteiger partial charge in [-0.2, -0.15) is 5.10 Å². The zero-order valence-corrected chi connectivity index (χ0v) is 18.0. The fourth-order valence-electron chi connectivity index (χ4n) is 6.35. The van der Waals surface area contributed by atoms with E-state index < -0.39 is 0 Å². The van der Waals surface area contributed by atoms with Crippen LogP contribution in [0.25, 0.3) is 0 Å². The lowest BCUT2D eigenvalue weighted by molar-refractivity contribution is -0.146. The summed E-state index contributed by atoms with van der Waals surface area (Å²) in [6.45, 7) is 1.85. The predicted octanol–water partition coefficient (Wildman–Crippen LogP) is 5.44. The summed E-state index contributed by atoms with van der Waals surface area (Å²) in [5, 5.41) is 15.7. The molecule has 0 radical (unpaired) electrons. The van der Waals surface area contributed by atoms with Crippen molar-refractivity contribution < 1.29 is 9.90 Å². The third-order valence-corrected chi connectivity index (χ3v) is 7.78. The first-order valence-corrected chi connectivity index (χ1v) is 11.2. The van der Waals surface area contributed by atoms with Crippen molar-refractivity contribution >= 4 is 23.2 Å². The summed E-state index contributed by atoms with van der Waals surface area (Å²) in [6, 6.07) is 13.0. The molecule has 0 aliphatic heterocycles. The van der Waals surface area contributed by atoms with Crippen LogP contribution in [-0.4, -0.2) is 16.7 Å². The van der Waals surface area contributed by atoms with Gasteiger partial charge >= 0.3 is 0 Å². The van der Waals surface area contributed by atoms with Gasteiger partial charge in [0.2, 0.25) is 5.91 Å². The van der Waals surface area contributed by atoms with Crippen molar-refractivity contribution in [2.45, 2.75) is 45.4 Å². The molecule has 2 aromatic rings. The summed E-state index contributed by atoms with van der Waals surface area (Å²) in [6.07, 6.45) is 6.84. The quantitative estimate of drug-likeness (QED) is 0.509. The van der Waals surface area contributed by atoms with Crippen LogP contribution in [0.2, 0.25) is 5.02 Å². The highest BCUT2D eigenvalue weighted by Gasteiger charge is 2.54. The van der Waals surface area contributed by atoms with E-state index in [0.717, 1.165) is 30.4 Å². The molecular weight excluding hydrogens is 396 g/mol. The summed E-state index contributed by atoms with van der Waals surface area (Å²) in [5.74, 6) is 2.22. The maximum atomic E-state index is 13.4. The van der Waals surface area contributed by atoms with Gasteiger partial charge in [0.15, 0.2) is 0 Å². The minimum atomic E-state index is -0.271. The molecule has 0 unspecified atom stereocenters. The molecule has 0 spiro atoms. The molecule has 156 valence electrons. The molecule has 2 aromatic carbocycles. The fourth-order valence-corrected chi connectivity index (χ4v) is 6.51. The fraction of sp³-hybridized carbons (Fsp3) is 0.440. The maximum absolute atomic E-state index is 13.4. The van der Waals surface area contributed by atoms with Crippen molar-refractivity contribution in [3.8, 4) is 5.75 Å². The first kappa shape index (κ1) is 19.6. The molecule has 4 aliphatic carbocycles.